The van der Waals surface area contributed by atoms with E-state index in [1.807, 2.05) is 36.2 Å². The normalized spacial score (nSPS) is 30.9. The Morgan fingerprint density at radius 1 is 1.44 bits per heavy atom. The summed E-state index contributed by atoms with van der Waals surface area (Å²) in [6.45, 7) is 0.993. The van der Waals surface area contributed by atoms with E-state index in [2.05, 4.69) is 0 Å². The molecule has 3 rings (SSSR count). The lowest BCUT2D eigenvalue weighted by molar-refractivity contribution is -0.143. The molecular weight excluding hydrogens is 230 g/mol. The largest absolute Gasteiger partial charge is 0.481 e. The molecule has 1 aliphatic heterocycles. The van der Waals surface area contributed by atoms with Crippen molar-refractivity contribution < 1.29 is 14.7 Å². The van der Waals surface area contributed by atoms with E-state index in [9.17, 15) is 14.7 Å². The number of benzene rings is 1. The van der Waals surface area contributed by atoms with E-state index in [-0.39, 0.29) is 5.78 Å². The zero-order valence-electron chi connectivity index (χ0n) is 10.2. The molecule has 1 heterocycles. The van der Waals surface area contributed by atoms with Gasteiger partial charge >= 0.3 is 5.97 Å². The summed E-state index contributed by atoms with van der Waals surface area (Å²) in [4.78, 5) is 26.0. The van der Waals surface area contributed by atoms with E-state index in [0.717, 1.165) is 5.56 Å². The molecule has 1 spiro atoms. The summed E-state index contributed by atoms with van der Waals surface area (Å²) in [5.74, 6) is -1.45. The van der Waals surface area contributed by atoms with E-state index in [4.69, 9.17) is 0 Å². The summed E-state index contributed by atoms with van der Waals surface area (Å²) in [5, 5.41) is 9.37. The number of carbonyl (C=O) groups excluding carboxylic acids is 1. The molecule has 1 aliphatic carbocycles. The summed E-state index contributed by atoms with van der Waals surface area (Å²) in [5.41, 5.74) is 0.952. The molecule has 1 aromatic rings. The van der Waals surface area contributed by atoms with Crippen molar-refractivity contribution in [2.75, 3.05) is 20.1 Å². The fourth-order valence-electron chi connectivity index (χ4n) is 3.45. The van der Waals surface area contributed by atoms with Crippen LogP contribution >= 0.6 is 0 Å². The molecule has 0 bridgehead atoms. The topological polar surface area (TPSA) is 57.6 Å². The van der Waals surface area contributed by atoms with E-state index >= 15 is 0 Å². The van der Waals surface area contributed by atoms with E-state index in [0.29, 0.717) is 25.1 Å². The Morgan fingerprint density at radius 2 is 2.17 bits per heavy atom. The molecule has 2 atom stereocenters. The van der Waals surface area contributed by atoms with Crippen molar-refractivity contribution >= 4 is 11.8 Å². The minimum Gasteiger partial charge on any atom is -0.481 e. The van der Waals surface area contributed by atoms with Gasteiger partial charge in [0.25, 0.3) is 0 Å². The van der Waals surface area contributed by atoms with Gasteiger partial charge in [0, 0.05) is 18.7 Å². The second kappa shape index (κ2) is 3.65. The number of rotatable bonds is 1. The molecule has 1 N–H and O–H groups in total. The van der Waals surface area contributed by atoms with Crippen LogP contribution in [0.2, 0.25) is 0 Å². The first-order chi connectivity index (χ1) is 8.54. The number of nitrogens with zero attached hydrogens (tertiary/aromatic N) is 1. The van der Waals surface area contributed by atoms with Gasteiger partial charge in [-0.1, -0.05) is 24.3 Å². The van der Waals surface area contributed by atoms with Crippen molar-refractivity contribution in [2.24, 2.45) is 11.3 Å². The summed E-state index contributed by atoms with van der Waals surface area (Å²) < 4.78 is 0. The molecule has 1 saturated heterocycles. The van der Waals surface area contributed by atoms with Crippen LogP contribution in [0.3, 0.4) is 0 Å². The molecular formula is C14H15NO3. The number of carboxylic acid groups (broad SMARTS) is 1. The van der Waals surface area contributed by atoms with Gasteiger partial charge in [0.1, 0.15) is 0 Å². The molecule has 1 aromatic carbocycles. The van der Waals surface area contributed by atoms with Crippen LogP contribution in [0.25, 0.3) is 0 Å². The minimum absolute atomic E-state index is 0.00912. The summed E-state index contributed by atoms with van der Waals surface area (Å²) in [6.07, 6.45) is 0.559. The lowest BCUT2D eigenvalue weighted by Gasteiger charge is -2.25. The monoisotopic (exact) mass is 245 g/mol. The van der Waals surface area contributed by atoms with Crippen LogP contribution in [-0.2, 0) is 11.2 Å². The summed E-state index contributed by atoms with van der Waals surface area (Å²) >= 11 is 0. The first kappa shape index (κ1) is 11.4. The standard InChI is InChI=1S/C14H15NO3/c1-15-7-11(13(17)18)14(8-15)6-9-4-2-3-5-10(9)12(14)16/h2-5,11H,6-8H2,1H3,(H,17,18)/t11-,14+/m1/s1. The highest BCUT2D eigenvalue weighted by molar-refractivity contribution is 6.07. The van der Waals surface area contributed by atoms with E-state index < -0.39 is 17.3 Å². The van der Waals surface area contributed by atoms with Gasteiger partial charge in [-0.2, -0.15) is 0 Å². The average molecular weight is 245 g/mol. The third kappa shape index (κ3) is 1.35. The van der Waals surface area contributed by atoms with Crippen LogP contribution in [0, 0.1) is 11.3 Å². The second-order valence-electron chi connectivity index (χ2n) is 5.41. The number of hydrogen-bond donors (Lipinski definition) is 1. The van der Waals surface area contributed by atoms with Gasteiger partial charge in [-0.25, -0.2) is 0 Å². The Morgan fingerprint density at radius 3 is 2.83 bits per heavy atom. The van der Waals surface area contributed by atoms with E-state index in [1.54, 1.807) is 0 Å². The molecule has 0 saturated carbocycles. The van der Waals surface area contributed by atoms with Crippen LogP contribution in [0.1, 0.15) is 15.9 Å². The molecule has 0 aromatic heterocycles. The fraction of sp³-hybridized carbons (Fsp3) is 0.429. The van der Waals surface area contributed by atoms with Crippen molar-refractivity contribution in [3.63, 3.8) is 0 Å². The number of ketones is 1. The van der Waals surface area contributed by atoms with Gasteiger partial charge in [0.15, 0.2) is 5.78 Å². The molecule has 0 radical (unpaired) electrons. The van der Waals surface area contributed by atoms with Crippen LogP contribution in [0.15, 0.2) is 24.3 Å². The van der Waals surface area contributed by atoms with Gasteiger partial charge in [-0.15, -0.1) is 0 Å². The zero-order valence-corrected chi connectivity index (χ0v) is 10.2. The number of likely N-dealkylation sites (tertiary alicyclic amines) is 1. The first-order valence-corrected chi connectivity index (χ1v) is 6.09. The van der Waals surface area contributed by atoms with E-state index in [1.165, 1.54) is 0 Å². The number of hydrogen-bond acceptors (Lipinski definition) is 3. The zero-order chi connectivity index (χ0) is 12.9. The van der Waals surface area contributed by atoms with Crippen molar-refractivity contribution in [1.29, 1.82) is 0 Å². The van der Waals surface area contributed by atoms with Gasteiger partial charge in [-0.05, 0) is 19.0 Å². The Labute approximate surface area is 105 Å². The minimum atomic E-state index is -0.861. The molecule has 18 heavy (non-hydrogen) atoms. The smallest absolute Gasteiger partial charge is 0.308 e. The quantitative estimate of drug-likeness (QED) is 0.803. The molecule has 1 fully saturated rings. The summed E-state index contributed by atoms with van der Waals surface area (Å²) in [6, 6.07) is 7.48. The maximum atomic E-state index is 12.6. The molecule has 94 valence electrons. The fourth-order valence-corrected chi connectivity index (χ4v) is 3.45. The van der Waals surface area contributed by atoms with Gasteiger partial charge < -0.3 is 10.0 Å². The van der Waals surface area contributed by atoms with Crippen molar-refractivity contribution in [2.45, 2.75) is 6.42 Å². The maximum absolute atomic E-state index is 12.6. The third-order valence-electron chi connectivity index (χ3n) is 4.23. The van der Waals surface area contributed by atoms with Crippen LogP contribution in [-0.4, -0.2) is 41.9 Å². The van der Waals surface area contributed by atoms with Crippen molar-refractivity contribution in [1.82, 2.24) is 4.90 Å². The number of fused-ring (bicyclic) bond motifs is 1. The van der Waals surface area contributed by atoms with Gasteiger partial charge in [0.2, 0.25) is 0 Å². The third-order valence-corrected chi connectivity index (χ3v) is 4.23. The highest BCUT2D eigenvalue weighted by Crippen LogP contribution is 2.46. The van der Waals surface area contributed by atoms with Crippen LogP contribution in [0.4, 0.5) is 0 Å². The molecule has 2 aliphatic rings. The number of aliphatic carboxylic acids is 1. The second-order valence-corrected chi connectivity index (χ2v) is 5.41. The van der Waals surface area contributed by atoms with Gasteiger partial charge in [0.05, 0.1) is 11.3 Å². The molecule has 4 nitrogen and oxygen atoms in total. The predicted molar refractivity (Wildman–Crippen MR) is 65.5 cm³/mol. The average Bonchev–Trinajstić information content (AvgIpc) is 2.80. The molecule has 0 amide bonds. The maximum Gasteiger partial charge on any atom is 0.308 e. The molecule has 4 heteroatoms. The van der Waals surface area contributed by atoms with Crippen molar-refractivity contribution in [3.05, 3.63) is 35.4 Å². The lowest BCUT2D eigenvalue weighted by atomic mass is 9.74. The van der Waals surface area contributed by atoms with Gasteiger partial charge in [-0.3, -0.25) is 9.59 Å². The first-order valence-electron chi connectivity index (χ1n) is 6.09. The highest BCUT2D eigenvalue weighted by atomic mass is 16.4. The Kier molecular flexibility index (Phi) is 2.32. The number of Topliss-reactive ketones (excluding diaryl/α,β-unsaturated/α-hetero) is 1. The molecule has 0 unspecified atom stereocenters. The Balaban J connectivity index is 2.08. The summed E-state index contributed by atoms with van der Waals surface area (Å²) in [7, 11) is 1.88. The lowest BCUT2D eigenvalue weighted by Crippen LogP contribution is -2.40. The van der Waals surface area contributed by atoms with Crippen molar-refractivity contribution in [3.8, 4) is 0 Å². The Bertz CT molecular complexity index is 540. The number of carbonyl (C=O) groups is 2. The number of carboxylic acids is 1. The predicted octanol–water partition coefficient (Wildman–Crippen LogP) is 1.06. The highest BCUT2D eigenvalue weighted by Gasteiger charge is 2.57. The Hall–Kier alpha value is -1.68. The van der Waals surface area contributed by atoms with Crippen LogP contribution in [0.5, 0.6) is 0 Å². The SMILES string of the molecule is CN1C[C@H](C(=O)O)[C@]2(Cc3ccccc3C2=O)C1. The van der Waals surface area contributed by atoms with Crippen LogP contribution < -0.4 is 0 Å².